The van der Waals surface area contributed by atoms with Gasteiger partial charge in [0.2, 0.25) is 11.9 Å². The van der Waals surface area contributed by atoms with Crippen LogP contribution in [0, 0.1) is 5.41 Å². The highest BCUT2D eigenvalue weighted by Crippen LogP contribution is 2.35. The van der Waals surface area contributed by atoms with E-state index in [4.69, 9.17) is 4.74 Å². The summed E-state index contributed by atoms with van der Waals surface area (Å²) in [6, 6.07) is 0.347. The van der Waals surface area contributed by atoms with Crippen molar-refractivity contribution in [1.29, 1.82) is 0 Å². The van der Waals surface area contributed by atoms with Crippen LogP contribution in [0.5, 0.6) is 6.01 Å². The van der Waals surface area contributed by atoms with Crippen LogP contribution in [0.4, 0.5) is 11.9 Å². The van der Waals surface area contributed by atoms with Gasteiger partial charge < -0.3 is 15.4 Å². The van der Waals surface area contributed by atoms with Crippen molar-refractivity contribution in [2.45, 2.75) is 52.4 Å². The second-order valence-electron chi connectivity index (χ2n) is 6.12. The zero-order chi connectivity index (χ0) is 15.1. The molecule has 6 nitrogen and oxygen atoms in total. The van der Waals surface area contributed by atoms with Gasteiger partial charge in [0.05, 0.1) is 7.11 Å². The van der Waals surface area contributed by atoms with Crippen molar-refractivity contribution >= 4 is 11.9 Å². The van der Waals surface area contributed by atoms with Gasteiger partial charge in [-0.25, -0.2) is 0 Å². The highest BCUT2D eigenvalue weighted by Gasteiger charge is 2.26. The van der Waals surface area contributed by atoms with E-state index in [1.807, 2.05) is 0 Å². The summed E-state index contributed by atoms with van der Waals surface area (Å²) in [6.45, 7) is 6.18. The van der Waals surface area contributed by atoms with Gasteiger partial charge in [0.15, 0.2) is 0 Å². The van der Waals surface area contributed by atoms with Crippen LogP contribution in [0.25, 0.3) is 0 Å². The summed E-state index contributed by atoms with van der Waals surface area (Å²) in [6.07, 6.45) is 7.56. The predicted molar refractivity (Wildman–Crippen MR) is 84.8 cm³/mol. The molecule has 0 saturated heterocycles. The van der Waals surface area contributed by atoms with Gasteiger partial charge in [-0.15, -0.1) is 0 Å². The fourth-order valence-corrected chi connectivity index (χ4v) is 2.72. The molecular weight excluding hydrogens is 266 g/mol. The Labute approximate surface area is 127 Å². The molecule has 0 spiro atoms. The number of hydrogen-bond donors (Lipinski definition) is 2. The standard InChI is InChI=1S/C15H27N5O/c1-4-10-16-12-18-13(20-14(19-12)21-3)17-11-15(2)8-6-5-7-9-15/h4-11H2,1-3H3,(H2,16,17,18,19,20). The Kier molecular flexibility index (Phi) is 5.59. The van der Waals surface area contributed by atoms with Gasteiger partial charge in [0, 0.05) is 13.1 Å². The normalized spacial score (nSPS) is 17.3. The lowest BCUT2D eigenvalue weighted by molar-refractivity contribution is 0.233. The first-order valence-corrected chi connectivity index (χ1v) is 7.93. The van der Waals surface area contributed by atoms with E-state index in [0.717, 1.165) is 19.5 Å². The third kappa shape index (κ3) is 4.72. The molecule has 1 aromatic rings. The second-order valence-corrected chi connectivity index (χ2v) is 6.12. The molecule has 0 unspecified atom stereocenters. The van der Waals surface area contributed by atoms with Crippen LogP contribution < -0.4 is 15.4 Å². The van der Waals surface area contributed by atoms with Crippen LogP contribution in [0.3, 0.4) is 0 Å². The first kappa shape index (κ1) is 15.8. The molecule has 0 amide bonds. The average molecular weight is 293 g/mol. The number of nitrogens with zero attached hydrogens (tertiary/aromatic N) is 3. The smallest absolute Gasteiger partial charge is 0.322 e. The quantitative estimate of drug-likeness (QED) is 0.805. The van der Waals surface area contributed by atoms with E-state index in [1.165, 1.54) is 32.1 Å². The van der Waals surface area contributed by atoms with Crippen molar-refractivity contribution in [3.05, 3.63) is 0 Å². The zero-order valence-electron chi connectivity index (χ0n) is 13.4. The summed E-state index contributed by atoms with van der Waals surface area (Å²) in [4.78, 5) is 12.9. The highest BCUT2D eigenvalue weighted by molar-refractivity contribution is 5.36. The first-order chi connectivity index (χ1) is 10.1. The fraction of sp³-hybridized carbons (Fsp3) is 0.800. The maximum Gasteiger partial charge on any atom is 0.322 e. The topological polar surface area (TPSA) is 72.0 Å². The van der Waals surface area contributed by atoms with Gasteiger partial charge in [0.25, 0.3) is 0 Å². The summed E-state index contributed by atoms with van der Waals surface area (Å²) < 4.78 is 5.15. The van der Waals surface area contributed by atoms with Crippen LogP contribution in [-0.4, -0.2) is 35.2 Å². The molecule has 1 fully saturated rings. The molecule has 21 heavy (non-hydrogen) atoms. The molecule has 0 atom stereocenters. The Morgan fingerprint density at radius 3 is 2.33 bits per heavy atom. The molecule has 1 aromatic heterocycles. The van der Waals surface area contributed by atoms with Crippen molar-refractivity contribution in [3.8, 4) is 6.01 Å². The molecular formula is C15H27N5O. The van der Waals surface area contributed by atoms with Crippen LogP contribution in [0.1, 0.15) is 52.4 Å². The lowest BCUT2D eigenvalue weighted by Gasteiger charge is -2.33. The molecule has 1 saturated carbocycles. The SMILES string of the molecule is CCCNc1nc(NCC2(C)CCCCC2)nc(OC)n1. The molecule has 0 aromatic carbocycles. The number of hydrogen-bond acceptors (Lipinski definition) is 6. The number of aromatic nitrogens is 3. The van der Waals surface area contributed by atoms with Crippen molar-refractivity contribution in [2.75, 3.05) is 30.8 Å². The third-order valence-electron chi connectivity index (χ3n) is 4.06. The molecule has 6 heteroatoms. The van der Waals surface area contributed by atoms with E-state index >= 15 is 0 Å². The lowest BCUT2D eigenvalue weighted by atomic mass is 9.76. The number of ether oxygens (including phenoxy) is 1. The maximum absolute atomic E-state index is 5.15. The molecule has 2 rings (SSSR count). The number of methoxy groups -OCH3 is 1. The van der Waals surface area contributed by atoms with Crippen molar-refractivity contribution in [1.82, 2.24) is 15.0 Å². The van der Waals surface area contributed by atoms with Crippen molar-refractivity contribution in [3.63, 3.8) is 0 Å². The maximum atomic E-state index is 5.15. The van der Waals surface area contributed by atoms with E-state index in [0.29, 0.717) is 23.3 Å². The third-order valence-corrected chi connectivity index (χ3v) is 4.06. The molecule has 0 aliphatic heterocycles. The van der Waals surface area contributed by atoms with Gasteiger partial charge in [-0.2, -0.15) is 15.0 Å². The van der Waals surface area contributed by atoms with E-state index in [9.17, 15) is 0 Å². The Bertz CT molecular complexity index is 446. The number of anilines is 2. The van der Waals surface area contributed by atoms with Crippen LogP contribution >= 0.6 is 0 Å². The Morgan fingerprint density at radius 1 is 1.05 bits per heavy atom. The van der Waals surface area contributed by atoms with E-state index in [1.54, 1.807) is 7.11 Å². The molecule has 118 valence electrons. The second kappa shape index (κ2) is 7.43. The average Bonchev–Trinajstić information content (AvgIpc) is 2.51. The fourth-order valence-electron chi connectivity index (χ4n) is 2.72. The van der Waals surface area contributed by atoms with Gasteiger partial charge in [0.1, 0.15) is 0 Å². The molecule has 0 bridgehead atoms. The first-order valence-electron chi connectivity index (χ1n) is 7.93. The largest absolute Gasteiger partial charge is 0.467 e. The zero-order valence-corrected chi connectivity index (χ0v) is 13.4. The summed E-state index contributed by atoms with van der Waals surface area (Å²) in [5.74, 6) is 1.16. The van der Waals surface area contributed by atoms with Crippen molar-refractivity contribution < 1.29 is 4.74 Å². The minimum absolute atomic E-state index is 0.342. The number of rotatable bonds is 7. The van der Waals surface area contributed by atoms with Gasteiger partial charge >= 0.3 is 6.01 Å². The predicted octanol–water partition coefficient (Wildman–Crippen LogP) is 3.08. The molecule has 1 aliphatic rings. The van der Waals surface area contributed by atoms with E-state index in [2.05, 4.69) is 39.4 Å². The molecule has 1 heterocycles. The van der Waals surface area contributed by atoms with Crippen LogP contribution in [0.15, 0.2) is 0 Å². The van der Waals surface area contributed by atoms with Crippen LogP contribution in [-0.2, 0) is 0 Å². The summed E-state index contributed by atoms with van der Waals surface area (Å²) in [5.41, 5.74) is 0.342. The summed E-state index contributed by atoms with van der Waals surface area (Å²) >= 11 is 0. The number of nitrogens with one attached hydrogen (secondary N) is 2. The van der Waals surface area contributed by atoms with Gasteiger partial charge in [-0.1, -0.05) is 33.1 Å². The minimum Gasteiger partial charge on any atom is -0.467 e. The van der Waals surface area contributed by atoms with Crippen molar-refractivity contribution in [2.24, 2.45) is 5.41 Å². The van der Waals surface area contributed by atoms with Crippen LogP contribution in [0.2, 0.25) is 0 Å². The Morgan fingerprint density at radius 2 is 1.71 bits per heavy atom. The minimum atomic E-state index is 0.342. The molecule has 2 N–H and O–H groups in total. The monoisotopic (exact) mass is 293 g/mol. The lowest BCUT2D eigenvalue weighted by Crippen LogP contribution is -2.29. The Hall–Kier alpha value is -1.59. The van der Waals surface area contributed by atoms with Gasteiger partial charge in [-0.05, 0) is 24.7 Å². The molecule has 0 radical (unpaired) electrons. The molecule has 1 aliphatic carbocycles. The van der Waals surface area contributed by atoms with E-state index < -0.39 is 0 Å². The summed E-state index contributed by atoms with van der Waals surface area (Å²) in [5, 5.41) is 6.54. The summed E-state index contributed by atoms with van der Waals surface area (Å²) in [7, 11) is 1.57. The Balaban J connectivity index is 2.00. The highest BCUT2D eigenvalue weighted by atomic mass is 16.5. The van der Waals surface area contributed by atoms with Gasteiger partial charge in [-0.3, -0.25) is 0 Å². The van der Waals surface area contributed by atoms with E-state index in [-0.39, 0.29) is 0 Å².